The second-order valence-corrected chi connectivity index (χ2v) is 6.08. The number of fused-ring (bicyclic) bond motifs is 1. The summed E-state index contributed by atoms with van der Waals surface area (Å²) in [5.41, 5.74) is 0.0278. The van der Waals surface area contributed by atoms with Gasteiger partial charge in [-0.2, -0.15) is 0 Å². The maximum Gasteiger partial charge on any atom is 0.352 e. The number of thiophene rings is 1. The van der Waals surface area contributed by atoms with Gasteiger partial charge in [-0.05, 0) is 24.3 Å². The molecule has 21 heavy (non-hydrogen) atoms. The van der Waals surface area contributed by atoms with Gasteiger partial charge in [-0.3, -0.25) is 14.5 Å². The highest BCUT2D eigenvalue weighted by Gasteiger charge is 2.51. The summed E-state index contributed by atoms with van der Waals surface area (Å²) in [6.45, 7) is 0. The van der Waals surface area contributed by atoms with Crippen LogP contribution in [0.2, 0.25) is 0 Å². The van der Waals surface area contributed by atoms with E-state index in [2.05, 4.69) is 5.32 Å². The smallest absolute Gasteiger partial charge is 0.352 e. The third-order valence-corrected chi connectivity index (χ3v) is 4.61. The third kappa shape index (κ3) is 2.44. The van der Waals surface area contributed by atoms with Gasteiger partial charge in [0.05, 0.1) is 12.5 Å². The molecule has 2 atom stereocenters. The van der Waals surface area contributed by atoms with E-state index in [9.17, 15) is 14.4 Å². The molecule has 110 valence electrons. The number of carboxylic acids is 1. The minimum atomic E-state index is -1.10. The Balaban J connectivity index is 1.64. The van der Waals surface area contributed by atoms with Crippen molar-refractivity contribution in [3.8, 4) is 0 Å². The molecule has 7 heteroatoms. The number of nitrogens with one attached hydrogen (secondary N) is 1. The molecule has 2 N–H and O–H groups in total. The lowest BCUT2D eigenvalue weighted by Crippen LogP contribution is -2.71. The van der Waals surface area contributed by atoms with Crippen LogP contribution in [-0.4, -0.2) is 39.9 Å². The Bertz CT molecular complexity index is 623. The van der Waals surface area contributed by atoms with Gasteiger partial charge in [-0.25, -0.2) is 4.79 Å². The average Bonchev–Trinajstić information content (AvgIpc) is 2.96. The molecule has 0 radical (unpaired) electrons. The normalized spacial score (nSPS) is 23.9. The van der Waals surface area contributed by atoms with E-state index >= 15 is 0 Å². The number of rotatable bonds is 4. The first kappa shape index (κ1) is 13.8. The van der Waals surface area contributed by atoms with Crippen LogP contribution in [0.4, 0.5) is 0 Å². The number of nitrogens with zero attached hydrogens (tertiary/aromatic N) is 1. The molecular formula is C14H14N2O4S. The second kappa shape index (κ2) is 5.33. The highest BCUT2D eigenvalue weighted by atomic mass is 32.1. The zero-order valence-electron chi connectivity index (χ0n) is 11.1. The minimum absolute atomic E-state index is 0.0278. The fourth-order valence-electron chi connectivity index (χ4n) is 2.77. The van der Waals surface area contributed by atoms with Crippen LogP contribution in [0.5, 0.6) is 0 Å². The average molecular weight is 306 g/mol. The van der Waals surface area contributed by atoms with Crippen LogP contribution in [0.1, 0.15) is 17.7 Å². The summed E-state index contributed by atoms with van der Waals surface area (Å²) in [6, 6.07) is 2.90. The summed E-state index contributed by atoms with van der Waals surface area (Å²) in [4.78, 5) is 37.3. The number of aliphatic carboxylic acids is 1. The minimum Gasteiger partial charge on any atom is -0.477 e. The lowest BCUT2D eigenvalue weighted by atomic mass is 9.86. The summed E-state index contributed by atoms with van der Waals surface area (Å²) in [5.74, 6) is -1.65. The van der Waals surface area contributed by atoms with Crippen molar-refractivity contribution >= 4 is 29.1 Å². The number of allylic oxidation sites excluding steroid dienone is 1. The molecule has 3 rings (SSSR count). The number of carboxylic acid groups (broad SMARTS) is 1. The summed E-state index contributed by atoms with van der Waals surface area (Å²) in [7, 11) is 0. The Morgan fingerprint density at radius 2 is 2.29 bits per heavy atom. The Morgan fingerprint density at radius 3 is 2.95 bits per heavy atom. The molecule has 2 aliphatic rings. The molecule has 1 saturated heterocycles. The molecule has 6 nitrogen and oxygen atoms in total. The van der Waals surface area contributed by atoms with Gasteiger partial charge in [0.25, 0.3) is 5.91 Å². The van der Waals surface area contributed by atoms with E-state index in [-0.39, 0.29) is 30.0 Å². The molecular weight excluding hydrogens is 292 g/mol. The van der Waals surface area contributed by atoms with Crippen molar-refractivity contribution < 1.29 is 19.5 Å². The number of carbonyl (C=O) groups is 3. The van der Waals surface area contributed by atoms with Gasteiger partial charge >= 0.3 is 5.97 Å². The molecule has 0 aromatic carbocycles. The molecule has 1 fully saturated rings. The number of amides is 2. The van der Waals surface area contributed by atoms with Gasteiger partial charge in [0.1, 0.15) is 11.7 Å². The van der Waals surface area contributed by atoms with Crippen LogP contribution in [0.3, 0.4) is 0 Å². The number of hydrogen-bond donors (Lipinski definition) is 2. The van der Waals surface area contributed by atoms with Crippen LogP contribution < -0.4 is 5.32 Å². The lowest BCUT2D eigenvalue weighted by molar-refractivity contribution is -0.155. The summed E-state index contributed by atoms with van der Waals surface area (Å²) < 4.78 is 0. The van der Waals surface area contributed by atoms with E-state index in [1.807, 2.05) is 17.5 Å². The van der Waals surface area contributed by atoms with Crippen molar-refractivity contribution in [3.63, 3.8) is 0 Å². The predicted molar refractivity (Wildman–Crippen MR) is 75.5 cm³/mol. The molecule has 0 saturated carbocycles. The van der Waals surface area contributed by atoms with Crippen LogP contribution in [0.15, 0.2) is 29.3 Å². The first-order valence-corrected chi connectivity index (χ1v) is 7.54. The largest absolute Gasteiger partial charge is 0.477 e. The predicted octanol–water partition coefficient (Wildman–Crippen LogP) is 0.748. The summed E-state index contributed by atoms with van der Waals surface area (Å²) in [5, 5.41) is 13.7. The summed E-state index contributed by atoms with van der Waals surface area (Å²) in [6.07, 6.45) is 3.08. The van der Waals surface area contributed by atoms with Crippen molar-refractivity contribution in [1.29, 1.82) is 0 Å². The van der Waals surface area contributed by atoms with Crippen molar-refractivity contribution in [2.75, 3.05) is 0 Å². The Hall–Kier alpha value is -2.15. The standard InChI is InChI=1S/C14H14N2O4S/c17-11(7-8-3-2-6-21-8)15-12-9-4-1-5-10(14(19)20)16(9)13(12)18/h2-3,5-6,9,12H,1,4,7H2,(H,15,17)(H,19,20)/t9-,12-/m0/s1. The molecule has 0 aliphatic carbocycles. The molecule has 1 aromatic rings. The van der Waals surface area contributed by atoms with Crippen molar-refractivity contribution in [1.82, 2.24) is 10.2 Å². The third-order valence-electron chi connectivity index (χ3n) is 3.73. The quantitative estimate of drug-likeness (QED) is 0.804. The highest BCUT2D eigenvalue weighted by Crippen LogP contribution is 2.33. The van der Waals surface area contributed by atoms with Crippen molar-refractivity contribution in [3.05, 3.63) is 34.2 Å². The van der Waals surface area contributed by atoms with E-state index in [1.54, 1.807) is 6.08 Å². The van der Waals surface area contributed by atoms with Gasteiger partial charge in [-0.15, -0.1) is 11.3 Å². The highest BCUT2D eigenvalue weighted by molar-refractivity contribution is 7.10. The first-order valence-electron chi connectivity index (χ1n) is 6.66. The Morgan fingerprint density at radius 1 is 1.48 bits per heavy atom. The molecule has 0 spiro atoms. The molecule has 3 heterocycles. The zero-order valence-corrected chi connectivity index (χ0v) is 11.9. The van der Waals surface area contributed by atoms with Crippen LogP contribution in [-0.2, 0) is 20.8 Å². The van der Waals surface area contributed by atoms with E-state index in [1.165, 1.54) is 16.2 Å². The monoisotopic (exact) mass is 306 g/mol. The lowest BCUT2D eigenvalue weighted by Gasteiger charge is -2.49. The topological polar surface area (TPSA) is 86.7 Å². The number of carbonyl (C=O) groups excluding carboxylic acids is 2. The maximum absolute atomic E-state index is 12.1. The van der Waals surface area contributed by atoms with Gasteiger partial charge in [0, 0.05) is 4.88 Å². The van der Waals surface area contributed by atoms with Gasteiger partial charge in [0.2, 0.25) is 5.91 Å². The van der Waals surface area contributed by atoms with Crippen LogP contribution in [0, 0.1) is 0 Å². The molecule has 0 unspecified atom stereocenters. The second-order valence-electron chi connectivity index (χ2n) is 5.05. The van der Waals surface area contributed by atoms with Gasteiger partial charge in [-0.1, -0.05) is 12.1 Å². The van der Waals surface area contributed by atoms with E-state index in [4.69, 9.17) is 5.11 Å². The molecule has 1 aromatic heterocycles. The van der Waals surface area contributed by atoms with E-state index in [0.717, 1.165) is 4.88 Å². The van der Waals surface area contributed by atoms with Gasteiger partial charge < -0.3 is 10.4 Å². The van der Waals surface area contributed by atoms with Crippen LogP contribution >= 0.6 is 11.3 Å². The van der Waals surface area contributed by atoms with E-state index < -0.39 is 12.0 Å². The SMILES string of the molecule is O=C(Cc1cccs1)N[C@@H]1C(=O)N2C(C(=O)O)=CCC[C@@H]12. The molecule has 2 amide bonds. The number of hydrogen-bond acceptors (Lipinski definition) is 4. The van der Waals surface area contributed by atoms with Crippen molar-refractivity contribution in [2.45, 2.75) is 31.3 Å². The first-order chi connectivity index (χ1) is 10.1. The fraction of sp³-hybridized carbons (Fsp3) is 0.357. The number of β-lactam (4-membered cyclic amide) rings is 1. The summed E-state index contributed by atoms with van der Waals surface area (Å²) >= 11 is 1.49. The fourth-order valence-corrected chi connectivity index (χ4v) is 3.47. The Labute approximate surface area is 125 Å². The van der Waals surface area contributed by atoms with Crippen molar-refractivity contribution in [2.24, 2.45) is 0 Å². The molecule has 2 aliphatic heterocycles. The van der Waals surface area contributed by atoms with E-state index in [0.29, 0.717) is 12.8 Å². The van der Waals surface area contributed by atoms with Gasteiger partial charge in [0.15, 0.2) is 0 Å². The maximum atomic E-state index is 12.1. The Kier molecular flexibility index (Phi) is 3.50. The zero-order chi connectivity index (χ0) is 15.0. The van der Waals surface area contributed by atoms with Crippen LogP contribution in [0.25, 0.3) is 0 Å². The molecule has 0 bridgehead atoms.